The van der Waals surface area contributed by atoms with Crippen LogP contribution in [-0.4, -0.2) is 38.8 Å². The molecule has 1 unspecified atom stereocenters. The number of carbonyl (C=O) groups excluding carboxylic acids is 1. The summed E-state index contributed by atoms with van der Waals surface area (Å²) < 4.78 is 14.5. The number of nitroso groups, excluding NO2 is 1. The van der Waals surface area contributed by atoms with E-state index in [0.717, 1.165) is 6.42 Å². The van der Waals surface area contributed by atoms with E-state index in [1.807, 2.05) is 20.8 Å². The molecule has 8 heteroatoms. The molecule has 1 rings (SSSR count). The Hall–Kier alpha value is -1.38. The fourth-order valence-electron chi connectivity index (χ4n) is 2.07. The Kier molecular flexibility index (Phi) is 8.44. The van der Waals surface area contributed by atoms with Crippen LogP contribution in [0, 0.1) is 4.91 Å². The molecule has 7 nitrogen and oxygen atoms in total. The van der Waals surface area contributed by atoms with Crippen molar-refractivity contribution in [2.24, 2.45) is 5.18 Å². The Balaban J connectivity index is 2.18. The lowest BCUT2D eigenvalue weighted by atomic mass is 10.0. The predicted molar refractivity (Wildman–Crippen MR) is 95.3 cm³/mol. The number of aliphatic hydroxyl groups excluding tert-OH is 1. The highest BCUT2D eigenvalue weighted by Gasteiger charge is 2.19. The predicted octanol–water partition coefficient (Wildman–Crippen LogP) is 1.66. The van der Waals surface area contributed by atoms with Crippen LogP contribution in [0.3, 0.4) is 0 Å². The smallest absolute Gasteiger partial charge is 0.220 e. The van der Waals surface area contributed by atoms with E-state index in [1.165, 1.54) is 0 Å². The highest BCUT2D eigenvalue weighted by Crippen LogP contribution is 2.15. The van der Waals surface area contributed by atoms with Crippen molar-refractivity contribution in [1.29, 1.82) is 0 Å². The fraction of sp³-hybridized carbons (Fsp3) is 0.688. The van der Waals surface area contributed by atoms with Crippen LogP contribution in [0.5, 0.6) is 0 Å². The summed E-state index contributed by atoms with van der Waals surface area (Å²) in [5.41, 5.74) is 0.452. The van der Waals surface area contributed by atoms with Crippen molar-refractivity contribution in [3.8, 4) is 0 Å². The second-order valence-corrected chi connectivity index (χ2v) is 8.74. The van der Waals surface area contributed by atoms with Crippen LogP contribution in [0.25, 0.3) is 0 Å². The normalized spacial score (nSPS) is 20.2. The number of amides is 1. The Morgan fingerprint density at radius 1 is 1.46 bits per heavy atom. The lowest BCUT2D eigenvalue weighted by Crippen LogP contribution is -2.35. The molecular formula is C16H27N3O4S. The minimum absolute atomic E-state index is 0.0486. The van der Waals surface area contributed by atoms with E-state index in [0.29, 0.717) is 31.4 Å². The zero-order valence-electron chi connectivity index (χ0n) is 14.4. The Bertz CT molecular complexity index is 526. The van der Waals surface area contributed by atoms with Crippen LogP contribution < -0.4 is 10.0 Å². The molecule has 24 heavy (non-hydrogen) atoms. The first-order valence-electron chi connectivity index (χ1n) is 8.07. The Morgan fingerprint density at radius 3 is 2.71 bits per heavy atom. The molecule has 3 atom stereocenters. The van der Waals surface area contributed by atoms with E-state index in [9.17, 15) is 19.0 Å². The van der Waals surface area contributed by atoms with Crippen LogP contribution >= 0.6 is 0 Å². The van der Waals surface area contributed by atoms with Crippen molar-refractivity contribution in [1.82, 2.24) is 10.0 Å². The van der Waals surface area contributed by atoms with E-state index in [1.54, 1.807) is 18.2 Å². The van der Waals surface area contributed by atoms with Gasteiger partial charge in [0, 0.05) is 18.5 Å². The first-order valence-corrected chi connectivity index (χ1v) is 9.22. The van der Waals surface area contributed by atoms with Gasteiger partial charge in [0.25, 0.3) is 0 Å². The van der Waals surface area contributed by atoms with Gasteiger partial charge in [-0.3, -0.25) is 4.79 Å². The van der Waals surface area contributed by atoms with Gasteiger partial charge in [0.1, 0.15) is 0 Å². The third-order valence-electron chi connectivity index (χ3n) is 3.49. The highest BCUT2D eigenvalue weighted by molar-refractivity contribution is 7.84. The fourth-order valence-corrected chi connectivity index (χ4v) is 2.83. The second kappa shape index (κ2) is 9.80. The van der Waals surface area contributed by atoms with Gasteiger partial charge < -0.3 is 10.4 Å². The molecular weight excluding hydrogens is 330 g/mol. The third kappa shape index (κ3) is 7.46. The minimum atomic E-state index is -1.34. The van der Waals surface area contributed by atoms with Gasteiger partial charge in [-0.15, -0.1) is 4.91 Å². The molecule has 0 saturated carbocycles. The maximum absolute atomic E-state index is 11.9. The number of rotatable bonds is 9. The van der Waals surface area contributed by atoms with E-state index in [-0.39, 0.29) is 16.7 Å². The van der Waals surface area contributed by atoms with Gasteiger partial charge in [-0.05, 0) is 45.2 Å². The van der Waals surface area contributed by atoms with Crippen molar-refractivity contribution < 1.29 is 14.1 Å². The molecule has 3 N–H and O–H groups in total. The first-order chi connectivity index (χ1) is 11.2. The quantitative estimate of drug-likeness (QED) is 0.431. The molecule has 0 saturated heterocycles. The molecule has 1 aliphatic rings. The molecule has 0 aromatic heterocycles. The van der Waals surface area contributed by atoms with Gasteiger partial charge >= 0.3 is 0 Å². The summed E-state index contributed by atoms with van der Waals surface area (Å²) in [5.74, 6) is -0.0486. The van der Waals surface area contributed by atoms with Crippen LogP contribution in [0.4, 0.5) is 0 Å². The van der Waals surface area contributed by atoms with Crippen molar-refractivity contribution in [3.63, 3.8) is 0 Å². The SMILES string of the molecule is CC(C)(C)S(=O)NCCCCC(=O)N[C@H]1C=CC([C@@H](O)N=O)=CC1. The summed E-state index contributed by atoms with van der Waals surface area (Å²) in [4.78, 5) is 22.1. The molecule has 0 aromatic carbocycles. The van der Waals surface area contributed by atoms with Gasteiger partial charge in [-0.2, -0.15) is 0 Å². The molecule has 0 fully saturated rings. The molecule has 1 amide bonds. The zero-order valence-corrected chi connectivity index (χ0v) is 15.3. The van der Waals surface area contributed by atoms with Crippen LogP contribution in [0.2, 0.25) is 0 Å². The van der Waals surface area contributed by atoms with E-state index in [2.05, 4.69) is 15.2 Å². The van der Waals surface area contributed by atoms with Crippen molar-refractivity contribution >= 4 is 16.9 Å². The maximum atomic E-state index is 11.9. The van der Waals surface area contributed by atoms with Gasteiger partial charge in [0.2, 0.25) is 12.1 Å². The van der Waals surface area contributed by atoms with Gasteiger partial charge in [0.15, 0.2) is 0 Å². The average Bonchev–Trinajstić information content (AvgIpc) is 2.53. The molecule has 136 valence electrons. The van der Waals surface area contributed by atoms with Gasteiger partial charge in [-0.25, -0.2) is 8.93 Å². The van der Waals surface area contributed by atoms with Crippen LogP contribution in [0.15, 0.2) is 29.0 Å². The summed E-state index contributed by atoms with van der Waals surface area (Å²) in [6.07, 6.45) is 6.12. The average molecular weight is 357 g/mol. The summed E-state index contributed by atoms with van der Waals surface area (Å²) in [7, 11) is -1.08. The molecule has 0 radical (unpaired) electrons. The summed E-state index contributed by atoms with van der Waals surface area (Å²) >= 11 is 0. The maximum Gasteiger partial charge on any atom is 0.220 e. The number of nitrogens with zero attached hydrogens (tertiary/aromatic N) is 1. The largest absolute Gasteiger partial charge is 0.365 e. The van der Waals surface area contributed by atoms with Crippen molar-refractivity contribution in [2.75, 3.05) is 6.54 Å². The Morgan fingerprint density at radius 2 is 2.17 bits per heavy atom. The van der Waals surface area contributed by atoms with Crippen molar-refractivity contribution in [3.05, 3.63) is 28.7 Å². The monoisotopic (exact) mass is 357 g/mol. The van der Waals surface area contributed by atoms with E-state index in [4.69, 9.17) is 0 Å². The molecule has 0 aromatic rings. The Labute approximate surface area is 145 Å². The highest BCUT2D eigenvalue weighted by atomic mass is 32.2. The molecule has 0 spiro atoms. The first kappa shape index (κ1) is 20.7. The number of nitrogens with one attached hydrogen (secondary N) is 2. The molecule has 0 aliphatic heterocycles. The number of unbranched alkanes of at least 4 members (excludes halogenated alkanes) is 1. The summed E-state index contributed by atoms with van der Waals surface area (Å²) in [5, 5.41) is 14.7. The number of hydrogen-bond acceptors (Lipinski definition) is 5. The van der Waals surface area contributed by atoms with Crippen molar-refractivity contribution in [2.45, 2.75) is 63.5 Å². The second-order valence-electron chi connectivity index (χ2n) is 6.68. The molecule has 1 aliphatic carbocycles. The molecule has 0 bridgehead atoms. The topological polar surface area (TPSA) is 108 Å². The number of hydrogen-bond donors (Lipinski definition) is 3. The van der Waals surface area contributed by atoms with Crippen LogP contribution in [-0.2, 0) is 15.8 Å². The molecule has 0 heterocycles. The lowest BCUT2D eigenvalue weighted by Gasteiger charge is -2.19. The zero-order chi connectivity index (χ0) is 18.2. The number of carbonyl (C=O) groups is 1. The summed E-state index contributed by atoms with van der Waals surface area (Å²) in [6, 6.07) is -0.133. The third-order valence-corrected chi connectivity index (χ3v) is 5.07. The van der Waals surface area contributed by atoms with E-state index < -0.39 is 17.2 Å². The van der Waals surface area contributed by atoms with Gasteiger partial charge in [-0.1, -0.05) is 18.2 Å². The van der Waals surface area contributed by atoms with Gasteiger partial charge in [0.05, 0.1) is 21.8 Å². The summed E-state index contributed by atoms with van der Waals surface area (Å²) in [6.45, 7) is 6.34. The standard InChI is InChI=1S/C16H27N3O4S/c1-16(2,3)24(23)17-11-5-4-6-14(20)18-13-9-7-12(8-10-13)15(21)19-22/h7-9,13,15,17,21H,4-6,10-11H2,1-3H3,(H,18,20)/t13-,15+,24?/m0/s1. The number of aliphatic hydroxyl groups is 1. The minimum Gasteiger partial charge on any atom is -0.365 e. The van der Waals surface area contributed by atoms with E-state index >= 15 is 0 Å². The van der Waals surface area contributed by atoms with Crippen LogP contribution in [0.1, 0.15) is 46.5 Å². The lowest BCUT2D eigenvalue weighted by molar-refractivity contribution is -0.121.